The molecule has 46 heteroatoms. The fourth-order valence-corrected chi connectivity index (χ4v) is 16.9. The van der Waals surface area contributed by atoms with E-state index in [0.717, 1.165) is 66.9 Å². The number of halogens is 20. The molecule has 0 fully saturated rings. The number of carbonyl (C=O) groups is 4. The summed E-state index contributed by atoms with van der Waals surface area (Å²) in [4.78, 5) is 72.3. The average Bonchev–Trinajstić information content (AvgIpc) is 0.789. The lowest BCUT2D eigenvalue weighted by Crippen LogP contribution is -2.24. The van der Waals surface area contributed by atoms with E-state index in [2.05, 4.69) is 48.8 Å². The Morgan fingerprint density at radius 1 is 0.387 bits per heavy atom. The zero-order chi connectivity index (χ0) is 92.3. The van der Waals surface area contributed by atoms with Crippen molar-refractivity contribution in [3.05, 3.63) is 307 Å². The fourth-order valence-electron chi connectivity index (χ4n) is 11.0. The molecule has 0 spiro atoms. The molecule has 0 aliphatic carbocycles. The van der Waals surface area contributed by atoms with Crippen LogP contribution in [0.15, 0.2) is 207 Å². The van der Waals surface area contributed by atoms with Crippen LogP contribution in [0.1, 0.15) is 124 Å². The summed E-state index contributed by atoms with van der Waals surface area (Å²) in [7, 11) is -18.1. The van der Waals surface area contributed by atoms with E-state index in [0.29, 0.717) is 52.2 Å². The van der Waals surface area contributed by atoms with E-state index in [1.807, 2.05) is 0 Å². The topological polar surface area (TPSA) is 330 Å². The van der Waals surface area contributed by atoms with E-state index in [9.17, 15) is 106 Å². The highest BCUT2D eigenvalue weighted by Crippen LogP contribution is 2.42. The van der Waals surface area contributed by atoms with Crippen LogP contribution < -0.4 is 18.9 Å². The molecule has 6 aromatic carbocycles. The summed E-state index contributed by atoms with van der Waals surface area (Å²) in [5.41, 5.74) is -4.56. The maximum atomic E-state index is 13.2. The molecule has 0 unspecified atom stereocenters. The third-order valence-corrected chi connectivity index (χ3v) is 24.5. The van der Waals surface area contributed by atoms with Crippen LogP contribution in [0.2, 0.25) is 40.2 Å². The zero-order valence-electron chi connectivity index (χ0n) is 63.3. The number of sulfonamides is 4. The molecule has 0 bridgehead atoms. The Morgan fingerprint density at radius 3 is 1.17 bits per heavy atom. The molecule has 0 atom stereocenters. The second-order valence-electron chi connectivity index (χ2n) is 27.0. The maximum absolute atomic E-state index is 13.2. The van der Waals surface area contributed by atoms with Crippen LogP contribution in [-0.2, 0) is 64.8 Å². The first-order chi connectivity index (χ1) is 57.3. The molecule has 652 valence electrons. The van der Waals surface area contributed by atoms with Crippen molar-refractivity contribution in [1.82, 2.24) is 24.9 Å². The summed E-state index contributed by atoms with van der Waals surface area (Å²) in [5.74, 6) is -1.94. The Labute approximate surface area is 738 Å². The number of nitrogens with zero attached hydrogens (tertiary/aromatic N) is 6. The Hall–Kier alpha value is -10.1. The van der Waals surface area contributed by atoms with Gasteiger partial charge in [-0.1, -0.05) is 150 Å². The number of anilines is 4. The van der Waals surface area contributed by atoms with Crippen molar-refractivity contribution in [3.8, 4) is 0 Å². The van der Waals surface area contributed by atoms with Crippen molar-refractivity contribution in [2.45, 2.75) is 85.8 Å². The Balaban J connectivity index is 0.000000188. The van der Waals surface area contributed by atoms with Crippen LogP contribution in [-0.4, -0.2) is 94.0 Å². The highest BCUT2D eigenvalue weighted by molar-refractivity contribution is 7.93. The fraction of sp³-hybridized carbons (Fsp3) is 0.154. The summed E-state index contributed by atoms with van der Waals surface area (Å²) in [6.07, 6.45) is -12.9. The van der Waals surface area contributed by atoms with Crippen LogP contribution >= 0.6 is 92.8 Å². The lowest BCUT2D eigenvalue weighted by molar-refractivity contribution is -0.138. The SMILES string of the molecule is CC(C)(C)C(=O)c1ncc(Cl)cc1NS(=O)(=O)c1ccc(Cl)c(C(F)(F)F)c1.Cc1cnc(C(=O)c2c(C)ccnc2C)c(NS(=O)(=O)c2ccc(Cl)c(C(F)(F)F)c2)c1.O=C(c1cccc(Cl)c1)c1ncc(Cl)cc1NS(=O)(=O)c1ccc(Cl)c(C(F)(F)F)c1.O=C1CN=C(c2ncc(Cl)cc2NS(=O)(=O)c2ccc(Cl)c(C(F)(F)F)c2)c2ccccc21. The highest BCUT2D eigenvalue weighted by atomic mass is 35.5. The maximum Gasteiger partial charge on any atom is 0.417 e. The smallest absolute Gasteiger partial charge is 0.292 e. The number of aromatic nitrogens is 5. The summed E-state index contributed by atoms with van der Waals surface area (Å²) < 4.78 is 268. The second kappa shape index (κ2) is 38.0. The van der Waals surface area contributed by atoms with Gasteiger partial charge >= 0.3 is 24.7 Å². The van der Waals surface area contributed by atoms with Crippen LogP contribution in [0, 0.1) is 26.2 Å². The van der Waals surface area contributed by atoms with E-state index in [1.54, 1.807) is 71.9 Å². The predicted octanol–water partition coefficient (Wildman–Crippen LogP) is 21.9. The van der Waals surface area contributed by atoms with Gasteiger partial charge < -0.3 is 0 Å². The molecule has 1 aliphatic rings. The molecule has 0 saturated carbocycles. The normalized spacial score (nSPS) is 12.7. The first-order valence-electron chi connectivity index (χ1n) is 34.3. The molecule has 0 radical (unpaired) electrons. The first kappa shape index (κ1) is 97.7. The molecule has 6 heterocycles. The standard InChI is InChI=1S/C21H12Cl2F3N3O3S.C21H17ClF3N3O3S.C19H10Cl3F3N2O3S.C17H15Cl2F3N2O3S/c22-11-7-17(29-33(31,32)12-5-6-16(23)15(8-12)21(24,25)26)20(27-9-11)19-14-4-2-1-3-13(14)18(30)10-28-19;1-11-8-17(19(27-10-11)20(29)18-12(2)6-7-26-13(18)3)28-32(30,31)14-4-5-16(22)15(9-14)21(23,24)25;20-11-3-1-2-10(6-11)18(28)17-16(7-12(21)9-26-17)27-31(29,30)13-4-5-15(22)14(8-13)19(23,24)25;1-16(2,3)15(25)14-13(6-9(18)8-23-14)24-28(26,27)10-4-5-12(19)11(7-10)17(20,21)22/h1-9,29H,10H2;4-10,28H,1-3H3;1-9,27H;4-8,24H,1-3H3. The van der Waals surface area contributed by atoms with Gasteiger partial charge in [0, 0.05) is 69.4 Å². The number of benzene rings is 6. The molecule has 12 rings (SSSR count). The molecular formula is C78H54Cl8F12N10O12S4. The summed E-state index contributed by atoms with van der Waals surface area (Å²) >= 11 is 45.8. The van der Waals surface area contributed by atoms with E-state index in [-0.39, 0.29) is 94.8 Å². The van der Waals surface area contributed by atoms with Crippen LogP contribution in [0.4, 0.5) is 75.4 Å². The molecule has 11 aromatic rings. The number of Topliss-reactive ketones (excluding diaryl/α,β-unsaturated/α-hetero) is 2. The summed E-state index contributed by atoms with van der Waals surface area (Å²) in [5, 5.41) is -2.20. The molecular weight excluding hydrogens is 1910 g/mol. The Bertz CT molecular complexity index is 6610. The number of nitrogens with one attached hydrogen (secondary N) is 4. The lowest BCUT2D eigenvalue weighted by atomic mass is 9.88. The van der Waals surface area contributed by atoms with Crippen molar-refractivity contribution >= 4 is 184 Å². The summed E-state index contributed by atoms with van der Waals surface area (Å²) in [6, 6.07) is 27.7. The quantitative estimate of drug-likeness (QED) is 0.0458. The van der Waals surface area contributed by atoms with Gasteiger partial charge in [-0.3, -0.25) is 58.0 Å². The number of aliphatic imine (C=N–C) groups is 1. The number of pyridine rings is 5. The number of aryl methyl sites for hydroxylation is 3. The number of hydrogen-bond donors (Lipinski definition) is 4. The molecule has 5 aromatic heterocycles. The Morgan fingerprint density at radius 2 is 0.758 bits per heavy atom. The molecule has 124 heavy (non-hydrogen) atoms. The van der Waals surface area contributed by atoms with Gasteiger partial charge in [0.1, 0.15) is 29.3 Å². The van der Waals surface area contributed by atoms with E-state index >= 15 is 0 Å². The first-order valence-corrected chi connectivity index (χ1v) is 43.3. The van der Waals surface area contributed by atoms with Gasteiger partial charge in [-0.15, -0.1) is 0 Å². The average molecular weight is 1960 g/mol. The third kappa shape index (κ3) is 23.9. The Kier molecular flexibility index (Phi) is 29.9. The van der Waals surface area contributed by atoms with Crippen LogP contribution in [0.3, 0.4) is 0 Å². The molecule has 0 amide bonds. The van der Waals surface area contributed by atoms with Crippen molar-refractivity contribution in [3.63, 3.8) is 0 Å². The van der Waals surface area contributed by atoms with Gasteiger partial charge in [-0.2, -0.15) is 52.7 Å². The van der Waals surface area contributed by atoms with Gasteiger partial charge in [-0.05, 0) is 147 Å². The van der Waals surface area contributed by atoms with Crippen molar-refractivity contribution in [2.24, 2.45) is 10.4 Å². The van der Waals surface area contributed by atoms with E-state index < -0.39 is 149 Å². The highest BCUT2D eigenvalue weighted by Gasteiger charge is 2.40. The van der Waals surface area contributed by atoms with Crippen molar-refractivity contribution < 1.29 is 106 Å². The number of rotatable bonds is 18. The van der Waals surface area contributed by atoms with Crippen molar-refractivity contribution in [1.29, 1.82) is 0 Å². The largest absolute Gasteiger partial charge is 0.417 e. The summed E-state index contributed by atoms with van der Waals surface area (Å²) in [6.45, 7) is 9.62. The molecule has 4 N–H and O–H groups in total. The predicted molar refractivity (Wildman–Crippen MR) is 443 cm³/mol. The van der Waals surface area contributed by atoms with Gasteiger partial charge in [0.25, 0.3) is 40.1 Å². The second-order valence-corrected chi connectivity index (χ2v) is 37.1. The van der Waals surface area contributed by atoms with Crippen LogP contribution in [0.25, 0.3) is 0 Å². The number of hydrogen-bond acceptors (Lipinski definition) is 18. The van der Waals surface area contributed by atoms with E-state index in [4.69, 9.17) is 92.8 Å². The third-order valence-electron chi connectivity index (χ3n) is 16.9. The number of alkyl halides is 12. The van der Waals surface area contributed by atoms with Gasteiger partial charge in [0.15, 0.2) is 11.6 Å². The van der Waals surface area contributed by atoms with Gasteiger partial charge in [-0.25, -0.2) is 43.6 Å². The van der Waals surface area contributed by atoms with Crippen LogP contribution in [0.5, 0.6) is 0 Å². The van der Waals surface area contributed by atoms with E-state index in [1.165, 1.54) is 61.2 Å². The zero-order valence-corrected chi connectivity index (χ0v) is 72.6. The molecule has 22 nitrogen and oxygen atoms in total. The number of carbonyl (C=O) groups excluding carboxylic acids is 4. The van der Waals surface area contributed by atoms with Gasteiger partial charge in [0.05, 0.1) is 105 Å². The number of fused-ring (bicyclic) bond motifs is 1. The number of ketones is 4. The molecule has 1 aliphatic heterocycles. The molecule has 0 saturated heterocycles. The minimum Gasteiger partial charge on any atom is -0.292 e. The minimum absolute atomic E-state index is 0.00701. The van der Waals surface area contributed by atoms with Gasteiger partial charge in [0.2, 0.25) is 11.6 Å². The lowest BCUT2D eigenvalue weighted by Gasteiger charge is -2.19. The monoisotopic (exact) mass is 1960 g/mol. The minimum atomic E-state index is -4.87. The van der Waals surface area contributed by atoms with Crippen molar-refractivity contribution in [2.75, 3.05) is 25.4 Å².